The van der Waals surface area contributed by atoms with Gasteiger partial charge in [0.25, 0.3) is 0 Å². The monoisotopic (exact) mass is 382 g/mol. The molecule has 0 spiro atoms. The number of carbonyl (C=O) groups excluding carboxylic acids is 1. The Hall–Kier alpha value is -2.53. The van der Waals surface area contributed by atoms with Gasteiger partial charge in [-0.25, -0.2) is 0 Å². The molecule has 1 amide bonds. The minimum Gasteiger partial charge on any atom is -0.504 e. The van der Waals surface area contributed by atoms with Gasteiger partial charge in [0.1, 0.15) is 0 Å². The molecular weight excluding hydrogens is 352 g/mol. The summed E-state index contributed by atoms with van der Waals surface area (Å²) < 4.78 is 5.53. The van der Waals surface area contributed by atoms with Crippen LogP contribution in [0.3, 0.4) is 0 Å². The van der Waals surface area contributed by atoms with Crippen molar-refractivity contribution in [2.45, 2.75) is 33.2 Å². The number of aryl methyl sites for hydroxylation is 2. The molecule has 1 N–H and O–H groups in total. The second kappa shape index (κ2) is 9.11. The van der Waals surface area contributed by atoms with Gasteiger partial charge in [0, 0.05) is 32.2 Å². The Kier molecular flexibility index (Phi) is 6.57. The minimum atomic E-state index is 0.101. The Bertz CT molecular complexity index is 813. The summed E-state index contributed by atoms with van der Waals surface area (Å²) in [5.41, 5.74) is 3.98. The predicted octanol–water partition coefficient (Wildman–Crippen LogP) is 3.68. The van der Waals surface area contributed by atoms with Crippen LogP contribution in [0.1, 0.15) is 36.1 Å². The lowest BCUT2D eigenvalue weighted by Crippen LogP contribution is -2.49. The first-order valence-corrected chi connectivity index (χ1v) is 9.95. The zero-order chi connectivity index (χ0) is 20.1. The molecular formula is C23H30N2O3. The fourth-order valence-electron chi connectivity index (χ4n) is 3.84. The molecule has 1 heterocycles. The molecule has 5 nitrogen and oxygen atoms in total. The number of ether oxygens (including phenoxy) is 1. The number of rotatable bonds is 6. The average molecular weight is 383 g/mol. The first-order chi connectivity index (χ1) is 13.5. The number of carbonyl (C=O) groups is 1. The van der Waals surface area contributed by atoms with Crippen molar-refractivity contribution in [2.24, 2.45) is 0 Å². The van der Waals surface area contributed by atoms with Gasteiger partial charge in [-0.05, 0) is 44.0 Å². The predicted molar refractivity (Wildman–Crippen MR) is 111 cm³/mol. The van der Waals surface area contributed by atoms with E-state index < -0.39 is 0 Å². The van der Waals surface area contributed by atoms with E-state index in [1.807, 2.05) is 4.90 Å². The summed E-state index contributed by atoms with van der Waals surface area (Å²) in [4.78, 5) is 16.8. The molecule has 0 aromatic heterocycles. The topological polar surface area (TPSA) is 53.0 Å². The van der Waals surface area contributed by atoms with Crippen LogP contribution in [0.5, 0.6) is 11.5 Å². The summed E-state index contributed by atoms with van der Waals surface area (Å²) >= 11 is 0. The van der Waals surface area contributed by atoms with E-state index in [1.165, 1.54) is 16.7 Å². The summed E-state index contributed by atoms with van der Waals surface area (Å²) in [5.74, 6) is 0.626. The van der Waals surface area contributed by atoms with Gasteiger partial charge in [0.2, 0.25) is 5.91 Å². The van der Waals surface area contributed by atoms with Crippen LogP contribution in [-0.4, -0.2) is 53.6 Å². The van der Waals surface area contributed by atoms with Crippen LogP contribution in [0, 0.1) is 13.8 Å². The lowest BCUT2D eigenvalue weighted by molar-refractivity contribution is -0.133. The standard InChI is InChI=1S/C23H30N2O3/c1-17-8-9-20(18(2)16-17)19(3)24-11-13-25(14-12-24)23(27)10-15-28-22-7-5-4-6-21(22)26/h4-9,16,19,26H,10-15H2,1-3H3. The van der Waals surface area contributed by atoms with Crippen molar-refractivity contribution >= 4 is 5.91 Å². The third-order valence-electron chi connectivity index (χ3n) is 5.53. The number of benzene rings is 2. The molecule has 0 bridgehead atoms. The molecule has 1 aliphatic heterocycles. The summed E-state index contributed by atoms with van der Waals surface area (Å²) in [5, 5.41) is 9.71. The summed E-state index contributed by atoms with van der Waals surface area (Å²) in [7, 11) is 0. The van der Waals surface area contributed by atoms with Crippen LogP contribution in [0.15, 0.2) is 42.5 Å². The van der Waals surface area contributed by atoms with Crippen molar-refractivity contribution in [3.8, 4) is 11.5 Å². The smallest absolute Gasteiger partial charge is 0.226 e. The highest BCUT2D eigenvalue weighted by molar-refractivity contribution is 5.76. The highest BCUT2D eigenvalue weighted by Crippen LogP contribution is 2.26. The van der Waals surface area contributed by atoms with E-state index in [0.29, 0.717) is 18.2 Å². The van der Waals surface area contributed by atoms with Gasteiger partial charge in [-0.1, -0.05) is 35.9 Å². The number of phenolic OH excluding ortho intramolecular Hbond substituents is 1. The average Bonchev–Trinajstić information content (AvgIpc) is 2.69. The van der Waals surface area contributed by atoms with E-state index in [4.69, 9.17) is 4.74 Å². The highest BCUT2D eigenvalue weighted by atomic mass is 16.5. The molecule has 0 radical (unpaired) electrons. The zero-order valence-corrected chi connectivity index (χ0v) is 17.0. The maximum Gasteiger partial charge on any atom is 0.226 e. The van der Waals surface area contributed by atoms with Crippen LogP contribution < -0.4 is 4.74 Å². The lowest BCUT2D eigenvalue weighted by atomic mass is 9.99. The maximum atomic E-state index is 12.5. The van der Waals surface area contributed by atoms with Gasteiger partial charge >= 0.3 is 0 Å². The van der Waals surface area contributed by atoms with Gasteiger partial charge in [0.15, 0.2) is 11.5 Å². The van der Waals surface area contributed by atoms with Crippen LogP contribution in [0.2, 0.25) is 0 Å². The minimum absolute atomic E-state index is 0.101. The Morgan fingerprint density at radius 1 is 1.11 bits per heavy atom. The molecule has 2 aromatic carbocycles. The number of hydrogen-bond donors (Lipinski definition) is 1. The molecule has 1 unspecified atom stereocenters. The number of hydrogen-bond acceptors (Lipinski definition) is 4. The van der Waals surface area contributed by atoms with E-state index in [-0.39, 0.29) is 18.3 Å². The molecule has 1 fully saturated rings. The maximum absolute atomic E-state index is 12.5. The fraction of sp³-hybridized carbons (Fsp3) is 0.435. The van der Waals surface area contributed by atoms with Gasteiger partial charge < -0.3 is 14.7 Å². The van der Waals surface area contributed by atoms with E-state index in [2.05, 4.69) is 43.9 Å². The van der Waals surface area contributed by atoms with Crippen molar-refractivity contribution in [2.75, 3.05) is 32.8 Å². The number of piperazine rings is 1. The normalized spacial score (nSPS) is 16.0. The van der Waals surface area contributed by atoms with Crippen LogP contribution in [0.4, 0.5) is 0 Å². The van der Waals surface area contributed by atoms with Crippen molar-refractivity contribution in [1.82, 2.24) is 9.80 Å². The molecule has 0 aliphatic carbocycles. The van der Waals surface area contributed by atoms with E-state index >= 15 is 0 Å². The number of nitrogens with zero attached hydrogens (tertiary/aromatic N) is 2. The van der Waals surface area contributed by atoms with Crippen LogP contribution >= 0.6 is 0 Å². The molecule has 1 saturated heterocycles. The molecule has 150 valence electrons. The summed E-state index contributed by atoms with van der Waals surface area (Å²) in [6, 6.07) is 13.8. The number of para-hydroxylation sites is 2. The van der Waals surface area contributed by atoms with E-state index in [1.54, 1.807) is 24.3 Å². The van der Waals surface area contributed by atoms with Gasteiger partial charge in [-0.2, -0.15) is 0 Å². The Labute approximate surface area is 167 Å². The summed E-state index contributed by atoms with van der Waals surface area (Å²) in [6.45, 7) is 10.0. The van der Waals surface area contributed by atoms with Gasteiger partial charge in [0.05, 0.1) is 13.0 Å². The molecule has 28 heavy (non-hydrogen) atoms. The number of aromatic hydroxyl groups is 1. The molecule has 0 saturated carbocycles. The van der Waals surface area contributed by atoms with Crippen LogP contribution in [-0.2, 0) is 4.79 Å². The van der Waals surface area contributed by atoms with E-state index in [9.17, 15) is 9.90 Å². The molecule has 2 aromatic rings. The van der Waals surface area contributed by atoms with E-state index in [0.717, 1.165) is 26.2 Å². The van der Waals surface area contributed by atoms with Gasteiger partial charge in [-0.3, -0.25) is 9.69 Å². The molecule has 5 heteroatoms. The Balaban J connectivity index is 1.46. The van der Waals surface area contributed by atoms with Crippen LogP contribution in [0.25, 0.3) is 0 Å². The SMILES string of the molecule is Cc1ccc(C(C)N2CCN(C(=O)CCOc3ccccc3O)CC2)c(C)c1. The molecule has 1 atom stereocenters. The molecule has 3 rings (SSSR count). The Morgan fingerprint density at radius 3 is 2.50 bits per heavy atom. The third kappa shape index (κ3) is 4.84. The molecule has 1 aliphatic rings. The Morgan fingerprint density at radius 2 is 1.82 bits per heavy atom. The quantitative estimate of drug-likeness (QED) is 0.828. The lowest BCUT2D eigenvalue weighted by Gasteiger charge is -2.38. The van der Waals surface area contributed by atoms with Gasteiger partial charge in [-0.15, -0.1) is 0 Å². The number of phenols is 1. The van der Waals surface area contributed by atoms with Crippen molar-refractivity contribution < 1.29 is 14.6 Å². The first kappa shape index (κ1) is 20.2. The first-order valence-electron chi connectivity index (χ1n) is 9.95. The largest absolute Gasteiger partial charge is 0.504 e. The number of amides is 1. The van der Waals surface area contributed by atoms with Crippen molar-refractivity contribution in [3.63, 3.8) is 0 Å². The second-order valence-corrected chi connectivity index (χ2v) is 7.52. The second-order valence-electron chi connectivity index (χ2n) is 7.52. The fourth-order valence-corrected chi connectivity index (χ4v) is 3.84. The highest BCUT2D eigenvalue weighted by Gasteiger charge is 2.25. The summed E-state index contributed by atoms with van der Waals surface area (Å²) in [6.07, 6.45) is 0.320. The van der Waals surface area contributed by atoms with Crippen molar-refractivity contribution in [3.05, 3.63) is 59.2 Å². The van der Waals surface area contributed by atoms with Crippen molar-refractivity contribution in [1.29, 1.82) is 0 Å². The zero-order valence-electron chi connectivity index (χ0n) is 17.0. The third-order valence-corrected chi connectivity index (χ3v) is 5.53.